The molecule has 3 nitrogen and oxygen atoms in total. The summed E-state index contributed by atoms with van der Waals surface area (Å²) in [5.41, 5.74) is 0. The molecule has 0 radical (unpaired) electrons. The molecule has 0 heterocycles. The lowest BCUT2D eigenvalue weighted by Gasteiger charge is -2.18. The van der Waals surface area contributed by atoms with E-state index in [0.717, 1.165) is 31.4 Å². The molecule has 0 saturated heterocycles. The zero-order valence-corrected chi connectivity index (χ0v) is 11.4. The van der Waals surface area contributed by atoms with Gasteiger partial charge in [0.25, 0.3) is 0 Å². The Kier molecular flexibility index (Phi) is 7.86. The lowest BCUT2D eigenvalue weighted by Crippen LogP contribution is -2.28. The van der Waals surface area contributed by atoms with Crippen LogP contribution in [0.3, 0.4) is 0 Å². The maximum absolute atomic E-state index is 11.2. The lowest BCUT2D eigenvalue weighted by molar-refractivity contribution is 0.308. The van der Waals surface area contributed by atoms with E-state index < -0.39 is 9.84 Å². The zero-order chi connectivity index (χ0) is 11.0. The number of rotatable bonds is 8. The van der Waals surface area contributed by atoms with Crippen LogP contribution in [0.25, 0.3) is 0 Å². The van der Waals surface area contributed by atoms with Gasteiger partial charge in [-0.05, 0) is 19.5 Å². The second-order valence-electron chi connectivity index (χ2n) is 3.21. The Morgan fingerprint density at radius 1 is 1.21 bits per heavy atom. The zero-order valence-electron chi connectivity index (χ0n) is 9.00. The number of nitrogens with zero attached hydrogens (tertiary/aromatic N) is 1. The Hall–Kier alpha value is 0.390. The van der Waals surface area contributed by atoms with Crippen molar-refractivity contribution in [3.8, 4) is 0 Å². The van der Waals surface area contributed by atoms with Gasteiger partial charge in [-0.3, -0.25) is 0 Å². The predicted octanol–water partition coefficient (Wildman–Crippen LogP) is 1.53. The Bertz CT molecular complexity index is 229. The Labute approximate surface area is 95.9 Å². The minimum Gasteiger partial charge on any atom is -0.303 e. The highest BCUT2D eigenvalue weighted by atomic mass is 79.9. The average Bonchev–Trinajstić information content (AvgIpc) is 2.16. The van der Waals surface area contributed by atoms with Gasteiger partial charge in [-0.25, -0.2) is 8.42 Å². The van der Waals surface area contributed by atoms with E-state index in [-0.39, 0.29) is 5.75 Å². The first-order valence-electron chi connectivity index (χ1n) is 5.04. The normalized spacial score (nSPS) is 12.3. The molecule has 0 spiro atoms. The molecule has 5 heteroatoms. The second kappa shape index (κ2) is 7.65. The summed E-state index contributed by atoms with van der Waals surface area (Å²) in [6.07, 6.45) is 0.747. The Balaban J connectivity index is 3.71. The summed E-state index contributed by atoms with van der Waals surface area (Å²) < 4.78 is 22.4. The molecule has 0 aliphatic heterocycles. The van der Waals surface area contributed by atoms with Gasteiger partial charge in [-0.15, -0.1) is 0 Å². The van der Waals surface area contributed by atoms with E-state index in [2.05, 4.69) is 27.8 Å². The minimum absolute atomic E-state index is 0.261. The van der Waals surface area contributed by atoms with Crippen LogP contribution in [-0.2, 0) is 9.84 Å². The van der Waals surface area contributed by atoms with E-state index in [1.807, 2.05) is 0 Å². The third kappa shape index (κ3) is 6.79. The molecule has 0 aliphatic carbocycles. The fourth-order valence-corrected chi connectivity index (χ4v) is 2.56. The standard InChI is InChI=1S/C9H20BrNO2S/c1-3-11(8-6-10)7-5-9-14(12,13)4-2/h3-9H2,1-2H3. The van der Waals surface area contributed by atoms with Crippen molar-refractivity contribution in [2.75, 3.05) is 36.5 Å². The summed E-state index contributed by atoms with van der Waals surface area (Å²) in [4.78, 5) is 2.25. The van der Waals surface area contributed by atoms with E-state index >= 15 is 0 Å². The summed E-state index contributed by atoms with van der Waals surface area (Å²) in [5, 5.41) is 0.946. The van der Waals surface area contributed by atoms with Gasteiger partial charge in [0.05, 0.1) is 5.75 Å². The SMILES string of the molecule is CCN(CCBr)CCCS(=O)(=O)CC. The molecule has 0 aromatic carbocycles. The molecule has 0 bridgehead atoms. The van der Waals surface area contributed by atoms with Gasteiger partial charge >= 0.3 is 0 Å². The Morgan fingerprint density at radius 3 is 2.29 bits per heavy atom. The summed E-state index contributed by atoms with van der Waals surface area (Å²) in [6, 6.07) is 0. The van der Waals surface area contributed by atoms with Crippen molar-refractivity contribution in [1.29, 1.82) is 0 Å². The first kappa shape index (κ1) is 14.4. The number of halogens is 1. The van der Waals surface area contributed by atoms with Crippen molar-refractivity contribution in [2.24, 2.45) is 0 Å². The summed E-state index contributed by atoms with van der Waals surface area (Å²) in [6.45, 7) is 6.64. The molecule has 0 unspecified atom stereocenters. The van der Waals surface area contributed by atoms with E-state index in [1.54, 1.807) is 6.92 Å². The minimum atomic E-state index is -2.78. The van der Waals surface area contributed by atoms with E-state index in [9.17, 15) is 8.42 Å². The average molecular weight is 286 g/mol. The third-order valence-electron chi connectivity index (χ3n) is 2.22. The fraction of sp³-hybridized carbons (Fsp3) is 1.00. The van der Waals surface area contributed by atoms with Gasteiger partial charge in [0.15, 0.2) is 0 Å². The van der Waals surface area contributed by atoms with Crippen molar-refractivity contribution in [2.45, 2.75) is 20.3 Å². The van der Waals surface area contributed by atoms with Gasteiger partial charge in [-0.1, -0.05) is 29.8 Å². The lowest BCUT2D eigenvalue weighted by atomic mass is 10.4. The number of sulfone groups is 1. The van der Waals surface area contributed by atoms with Crippen molar-refractivity contribution >= 4 is 25.8 Å². The summed E-state index contributed by atoms with van der Waals surface area (Å²) in [7, 11) is -2.78. The quantitative estimate of drug-likeness (QED) is 0.635. The first-order valence-corrected chi connectivity index (χ1v) is 7.98. The molecule has 14 heavy (non-hydrogen) atoms. The fourth-order valence-electron chi connectivity index (χ4n) is 1.20. The number of alkyl halides is 1. The van der Waals surface area contributed by atoms with Crippen LogP contribution < -0.4 is 0 Å². The van der Waals surface area contributed by atoms with E-state index in [1.165, 1.54) is 0 Å². The highest BCUT2D eigenvalue weighted by molar-refractivity contribution is 9.09. The molecule has 0 saturated carbocycles. The van der Waals surface area contributed by atoms with Crippen LogP contribution in [0.2, 0.25) is 0 Å². The second-order valence-corrected chi connectivity index (χ2v) is 6.48. The van der Waals surface area contributed by atoms with Crippen LogP contribution in [0, 0.1) is 0 Å². The molecule has 0 fully saturated rings. The van der Waals surface area contributed by atoms with Crippen LogP contribution in [0.4, 0.5) is 0 Å². The first-order chi connectivity index (χ1) is 6.55. The van der Waals surface area contributed by atoms with Crippen LogP contribution in [0.15, 0.2) is 0 Å². The molecule has 0 rings (SSSR count). The monoisotopic (exact) mass is 285 g/mol. The van der Waals surface area contributed by atoms with Crippen molar-refractivity contribution in [3.05, 3.63) is 0 Å². The summed E-state index contributed by atoms with van der Waals surface area (Å²) in [5.74, 6) is 0.583. The highest BCUT2D eigenvalue weighted by Crippen LogP contribution is 1.98. The van der Waals surface area contributed by atoms with Crippen molar-refractivity contribution in [3.63, 3.8) is 0 Å². The van der Waals surface area contributed by atoms with Gasteiger partial charge in [0.1, 0.15) is 9.84 Å². The van der Waals surface area contributed by atoms with E-state index in [4.69, 9.17) is 0 Å². The Morgan fingerprint density at radius 2 is 1.86 bits per heavy atom. The van der Waals surface area contributed by atoms with Gasteiger partial charge < -0.3 is 4.90 Å². The smallest absolute Gasteiger partial charge is 0.150 e. The van der Waals surface area contributed by atoms with Crippen LogP contribution >= 0.6 is 15.9 Å². The molecule has 0 amide bonds. The molecular weight excluding hydrogens is 266 g/mol. The number of hydrogen-bond acceptors (Lipinski definition) is 3. The highest BCUT2D eigenvalue weighted by Gasteiger charge is 2.08. The maximum atomic E-state index is 11.2. The maximum Gasteiger partial charge on any atom is 0.150 e. The van der Waals surface area contributed by atoms with Crippen molar-refractivity contribution < 1.29 is 8.42 Å². The third-order valence-corrected chi connectivity index (χ3v) is 4.36. The molecule has 0 atom stereocenters. The van der Waals surface area contributed by atoms with Gasteiger partial charge in [0, 0.05) is 17.6 Å². The number of hydrogen-bond donors (Lipinski definition) is 0. The molecule has 86 valence electrons. The van der Waals surface area contributed by atoms with Gasteiger partial charge in [-0.2, -0.15) is 0 Å². The van der Waals surface area contributed by atoms with Gasteiger partial charge in [0.2, 0.25) is 0 Å². The molecule has 0 N–H and O–H groups in total. The largest absolute Gasteiger partial charge is 0.303 e. The summed E-state index contributed by atoms with van der Waals surface area (Å²) >= 11 is 3.38. The topological polar surface area (TPSA) is 37.4 Å². The molecule has 0 aliphatic rings. The van der Waals surface area contributed by atoms with Crippen LogP contribution in [0.5, 0.6) is 0 Å². The van der Waals surface area contributed by atoms with Crippen LogP contribution in [-0.4, -0.2) is 49.8 Å². The molecule has 0 aromatic rings. The molecule has 0 aromatic heterocycles. The predicted molar refractivity (Wildman–Crippen MR) is 64.9 cm³/mol. The molecular formula is C9H20BrNO2S. The van der Waals surface area contributed by atoms with Crippen molar-refractivity contribution in [1.82, 2.24) is 4.90 Å². The van der Waals surface area contributed by atoms with E-state index in [0.29, 0.717) is 5.75 Å². The van der Waals surface area contributed by atoms with Crippen LogP contribution in [0.1, 0.15) is 20.3 Å².